The molecule has 1 amide bonds. The predicted octanol–water partition coefficient (Wildman–Crippen LogP) is 1.87. The van der Waals surface area contributed by atoms with Crippen LogP contribution >= 0.6 is 11.6 Å². The highest BCUT2D eigenvalue weighted by atomic mass is 35.5. The summed E-state index contributed by atoms with van der Waals surface area (Å²) < 4.78 is 6.20. The van der Waals surface area contributed by atoms with E-state index in [-0.39, 0.29) is 12.5 Å². The van der Waals surface area contributed by atoms with Crippen LogP contribution in [-0.2, 0) is 4.74 Å². The van der Waals surface area contributed by atoms with E-state index in [0.717, 1.165) is 0 Å². The van der Waals surface area contributed by atoms with E-state index in [1.807, 2.05) is 0 Å². The number of aromatic nitrogens is 3. The van der Waals surface area contributed by atoms with Gasteiger partial charge in [0, 0.05) is 6.20 Å². The molecule has 0 saturated heterocycles. The van der Waals surface area contributed by atoms with Gasteiger partial charge in [0.05, 0.1) is 17.6 Å². The van der Waals surface area contributed by atoms with E-state index in [9.17, 15) is 9.59 Å². The number of aldehydes is 1. The molecule has 0 aliphatic heterocycles. The number of pyridine rings is 1. The van der Waals surface area contributed by atoms with Gasteiger partial charge in [-0.3, -0.25) is 10.1 Å². The van der Waals surface area contributed by atoms with Crippen LogP contribution in [0.15, 0.2) is 30.6 Å². The number of carbonyl (C=O) groups is 2. The quantitative estimate of drug-likeness (QED) is 0.672. The van der Waals surface area contributed by atoms with E-state index in [1.54, 1.807) is 18.2 Å². The number of amides is 1. The average Bonchev–Trinajstić information content (AvgIpc) is 2.94. The number of halogens is 1. The van der Waals surface area contributed by atoms with E-state index in [1.165, 1.54) is 17.1 Å². The van der Waals surface area contributed by atoms with Crippen molar-refractivity contribution >= 4 is 29.8 Å². The van der Waals surface area contributed by atoms with Crippen LogP contribution < -0.4 is 5.32 Å². The highest BCUT2D eigenvalue weighted by molar-refractivity contribution is 6.18. The molecule has 2 rings (SSSR count). The second-order valence-electron chi connectivity index (χ2n) is 3.67. The summed E-state index contributed by atoms with van der Waals surface area (Å²) in [6.45, 7) is 0.120. The normalized spacial score (nSPS) is 10.1. The standard InChI is InChI=1S/C12H11ClN4O3/c13-4-5-20-12(19)16-10-2-1-3-11(15-10)17-7-9(8-18)6-14-17/h1-3,6-8H,4-5H2,(H,15,16,19). The number of nitrogens with one attached hydrogen (secondary N) is 1. The molecular weight excluding hydrogens is 284 g/mol. The van der Waals surface area contributed by atoms with E-state index in [2.05, 4.69) is 15.4 Å². The fourth-order valence-electron chi connectivity index (χ4n) is 1.42. The first kappa shape index (κ1) is 14.0. The van der Waals surface area contributed by atoms with Gasteiger partial charge in [0.2, 0.25) is 0 Å². The van der Waals surface area contributed by atoms with E-state index < -0.39 is 6.09 Å². The Balaban J connectivity index is 2.11. The van der Waals surface area contributed by atoms with Gasteiger partial charge in [-0.1, -0.05) is 6.07 Å². The Bertz CT molecular complexity index is 614. The van der Waals surface area contributed by atoms with Gasteiger partial charge < -0.3 is 4.74 Å². The summed E-state index contributed by atoms with van der Waals surface area (Å²) >= 11 is 5.41. The topological polar surface area (TPSA) is 86.1 Å². The minimum Gasteiger partial charge on any atom is -0.448 e. The number of hydrogen-bond acceptors (Lipinski definition) is 5. The van der Waals surface area contributed by atoms with Gasteiger partial charge in [0.25, 0.3) is 0 Å². The Morgan fingerprint density at radius 1 is 1.50 bits per heavy atom. The number of carbonyl (C=O) groups excluding carboxylic acids is 2. The molecule has 0 unspecified atom stereocenters. The van der Waals surface area contributed by atoms with Crippen LogP contribution in [-0.4, -0.2) is 39.6 Å². The molecule has 2 aromatic rings. The lowest BCUT2D eigenvalue weighted by molar-refractivity contribution is 0.112. The molecule has 0 aliphatic rings. The third kappa shape index (κ3) is 3.55. The summed E-state index contributed by atoms with van der Waals surface area (Å²) in [6.07, 6.45) is 3.01. The maximum absolute atomic E-state index is 11.4. The maximum atomic E-state index is 11.4. The molecule has 104 valence electrons. The number of rotatable bonds is 5. The minimum atomic E-state index is -0.635. The van der Waals surface area contributed by atoms with Crippen LogP contribution in [0.5, 0.6) is 0 Å². The van der Waals surface area contributed by atoms with E-state index >= 15 is 0 Å². The van der Waals surface area contributed by atoms with Crippen molar-refractivity contribution in [2.45, 2.75) is 0 Å². The molecule has 7 nitrogen and oxygen atoms in total. The zero-order valence-corrected chi connectivity index (χ0v) is 11.1. The van der Waals surface area contributed by atoms with Crippen molar-refractivity contribution in [3.05, 3.63) is 36.2 Å². The fourth-order valence-corrected chi connectivity index (χ4v) is 1.49. The molecule has 0 radical (unpaired) electrons. The molecule has 2 aromatic heterocycles. The van der Waals surface area contributed by atoms with E-state index in [0.29, 0.717) is 23.5 Å². The Morgan fingerprint density at radius 2 is 2.35 bits per heavy atom. The van der Waals surface area contributed by atoms with Crippen molar-refractivity contribution in [2.75, 3.05) is 17.8 Å². The van der Waals surface area contributed by atoms with Crippen LogP contribution in [0.1, 0.15) is 10.4 Å². The molecular formula is C12H11ClN4O3. The van der Waals surface area contributed by atoms with Crippen molar-refractivity contribution in [3.63, 3.8) is 0 Å². The third-order valence-corrected chi connectivity index (χ3v) is 2.40. The number of alkyl halides is 1. The molecule has 0 atom stereocenters. The van der Waals surface area contributed by atoms with Gasteiger partial charge in [0.15, 0.2) is 12.1 Å². The highest BCUT2D eigenvalue weighted by Crippen LogP contribution is 2.09. The molecule has 20 heavy (non-hydrogen) atoms. The van der Waals surface area contributed by atoms with Gasteiger partial charge in [-0.15, -0.1) is 11.6 Å². The minimum absolute atomic E-state index is 0.120. The Hall–Kier alpha value is -2.41. The second kappa shape index (κ2) is 6.67. The molecule has 8 heteroatoms. The van der Waals surface area contributed by atoms with Crippen molar-refractivity contribution in [3.8, 4) is 5.82 Å². The lowest BCUT2D eigenvalue weighted by atomic mass is 10.4. The molecule has 0 fully saturated rings. The Kier molecular flexibility index (Phi) is 4.67. The molecule has 0 aliphatic carbocycles. The predicted molar refractivity (Wildman–Crippen MR) is 72.4 cm³/mol. The van der Waals surface area contributed by atoms with Crippen molar-refractivity contribution in [1.29, 1.82) is 0 Å². The summed E-state index contributed by atoms with van der Waals surface area (Å²) in [6, 6.07) is 4.99. The lowest BCUT2D eigenvalue weighted by Crippen LogP contribution is -2.16. The highest BCUT2D eigenvalue weighted by Gasteiger charge is 2.06. The maximum Gasteiger partial charge on any atom is 0.412 e. The molecule has 0 spiro atoms. The third-order valence-electron chi connectivity index (χ3n) is 2.25. The number of hydrogen-bond donors (Lipinski definition) is 1. The first-order valence-corrected chi connectivity index (χ1v) is 6.23. The zero-order chi connectivity index (χ0) is 14.4. The van der Waals surface area contributed by atoms with Crippen LogP contribution in [0.25, 0.3) is 5.82 Å². The van der Waals surface area contributed by atoms with Gasteiger partial charge in [-0.05, 0) is 12.1 Å². The second-order valence-corrected chi connectivity index (χ2v) is 4.04. The molecule has 0 aromatic carbocycles. The van der Waals surface area contributed by atoms with Crippen LogP contribution in [0.2, 0.25) is 0 Å². The van der Waals surface area contributed by atoms with Gasteiger partial charge in [-0.25, -0.2) is 14.5 Å². The summed E-state index contributed by atoms with van der Waals surface area (Å²) in [5.74, 6) is 1.00. The van der Waals surface area contributed by atoms with Crippen molar-refractivity contribution in [2.24, 2.45) is 0 Å². The van der Waals surface area contributed by atoms with Gasteiger partial charge >= 0.3 is 6.09 Å². The summed E-state index contributed by atoms with van der Waals surface area (Å²) in [5.41, 5.74) is 0.437. The van der Waals surface area contributed by atoms with Gasteiger partial charge in [-0.2, -0.15) is 5.10 Å². The Labute approximate surface area is 119 Å². The van der Waals surface area contributed by atoms with Crippen molar-refractivity contribution < 1.29 is 14.3 Å². The lowest BCUT2D eigenvalue weighted by Gasteiger charge is -2.06. The van der Waals surface area contributed by atoms with Gasteiger partial charge in [0.1, 0.15) is 12.4 Å². The number of nitrogens with zero attached hydrogens (tertiary/aromatic N) is 3. The number of anilines is 1. The Morgan fingerprint density at radius 3 is 3.05 bits per heavy atom. The molecule has 2 heterocycles. The average molecular weight is 295 g/mol. The van der Waals surface area contributed by atoms with Crippen LogP contribution in [0, 0.1) is 0 Å². The largest absolute Gasteiger partial charge is 0.448 e. The molecule has 1 N–H and O–H groups in total. The smallest absolute Gasteiger partial charge is 0.412 e. The summed E-state index contributed by atoms with van der Waals surface area (Å²) in [5, 5.41) is 6.45. The fraction of sp³-hybridized carbons (Fsp3) is 0.167. The first-order valence-electron chi connectivity index (χ1n) is 5.70. The monoisotopic (exact) mass is 294 g/mol. The summed E-state index contributed by atoms with van der Waals surface area (Å²) in [7, 11) is 0. The van der Waals surface area contributed by atoms with Crippen molar-refractivity contribution in [1.82, 2.24) is 14.8 Å². The zero-order valence-electron chi connectivity index (χ0n) is 10.3. The van der Waals surface area contributed by atoms with Crippen LogP contribution in [0.4, 0.5) is 10.6 Å². The SMILES string of the molecule is O=Cc1cnn(-c2cccc(NC(=O)OCCCl)n2)c1. The summed E-state index contributed by atoms with van der Waals surface area (Å²) in [4.78, 5) is 26.2. The van der Waals surface area contributed by atoms with Crippen LogP contribution in [0.3, 0.4) is 0 Å². The molecule has 0 bridgehead atoms. The number of ether oxygens (including phenoxy) is 1. The van der Waals surface area contributed by atoms with E-state index in [4.69, 9.17) is 16.3 Å². The first-order chi connectivity index (χ1) is 9.72. The molecule has 0 saturated carbocycles.